The highest BCUT2D eigenvalue weighted by atomic mass is 16.6. The van der Waals surface area contributed by atoms with Gasteiger partial charge in [-0.05, 0) is 53.0 Å². The third-order valence-corrected chi connectivity index (χ3v) is 3.43. The van der Waals surface area contributed by atoms with Crippen LogP contribution >= 0.6 is 0 Å². The average Bonchev–Trinajstić information content (AvgIpc) is 2.36. The second kappa shape index (κ2) is 8.22. The lowest BCUT2D eigenvalue weighted by molar-refractivity contribution is -0.118. The summed E-state index contributed by atoms with van der Waals surface area (Å²) in [6, 6.07) is 0.442. The second-order valence-electron chi connectivity index (χ2n) is 6.62. The summed E-state index contributed by atoms with van der Waals surface area (Å²) in [5, 5.41) is 3.47. The van der Waals surface area contributed by atoms with Gasteiger partial charge in [0, 0.05) is 25.6 Å². The van der Waals surface area contributed by atoms with Crippen molar-refractivity contribution in [1.82, 2.24) is 10.2 Å². The average molecular weight is 299 g/mol. The molecule has 1 saturated heterocycles. The molecule has 0 saturated carbocycles. The first-order chi connectivity index (χ1) is 9.78. The lowest BCUT2D eigenvalue weighted by Crippen LogP contribution is -2.46. The molecular formula is C15H29N3O3. The minimum absolute atomic E-state index is 0.220. The maximum Gasteiger partial charge on any atom is 0.410 e. The molecule has 6 heteroatoms. The van der Waals surface area contributed by atoms with Crippen molar-refractivity contribution >= 4 is 12.0 Å². The summed E-state index contributed by atoms with van der Waals surface area (Å²) in [6.07, 6.45) is 3.90. The summed E-state index contributed by atoms with van der Waals surface area (Å²) in [5.41, 5.74) is 4.66. The number of rotatable bonds is 6. The Balaban J connectivity index is 2.14. The van der Waals surface area contributed by atoms with E-state index in [0.717, 1.165) is 45.3 Å². The first-order valence-corrected chi connectivity index (χ1v) is 7.77. The third kappa shape index (κ3) is 7.90. The molecule has 122 valence electrons. The number of hydrogen-bond acceptors (Lipinski definition) is 4. The molecular weight excluding hydrogens is 270 g/mol. The lowest BCUT2D eigenvalue weighted by atomic mass is 10.1. The van der Waals surface area contributed by atoms with E-state index in [2.05, 4.69) is 5.32 Å². The highest BCUT2D eigenvalue weighted by Gasteiger charge is 2.26. The van der Waals surface area contributed by atoms with Crippen molar-refractivity contribution in [2.75, 3.05) is 19.6 Å². The zero-order chi connectivity index (χ0) is 15.9. The van der Waals surface area contributed by atoms with Crippen LogP contribution in [0, 0.1) is 0 Å². The first-order valence-electron chi connectivity index (χ1n) is 7.77. The Hall–Kier alpha value is -1.30. The van der Waals surface area contributed by atoms with Crippen molar-refractivity contribution in [3.8, 4) is 0 Å². The standard InChI is InChI=1S/C15H29N3O3/c1-15(2,3)21-14(20)18-10-7-12(8-11-18)17-9-5-4-6-13(16)19/h12,17H,4-11H2,1-3H3,(H2,16,19). The molecule has 0 aromatic carbocycles. The van der Waals surface area contributed by atoms with Gasteiger partial charge in [-0.2, -0.15) is 0 Å². The SMILES string of the molecule is CC(C)(C)OC(=O)N1CCC(NCCCCC(N)=O)CC1. The molecule has 0 bridgehead atoms. The van der Waals surface area contributed by atoms with E-state index >= 15 is 0 Å². The van der Waals surface area contributed by atoms with Crippen molar-refractivity contribution in [3.05, 3.63) is 0 Å². The number of carbonyl (C=O) groups excluding carboxylic acids is 2. The summed E-state index contributed by atoms with van der Waals surface area (Å²) in [6.45, 7) is 7.99. The van der Waals surface area contributed by atoms with Crippen LogP contribution in [-0.2, 0) is 9.53 Å². The van der Waals surface area contributed by atoms with Crippen LogP contribution < -0.4 is 11.1 Å². The van der Waals surface area contributed by atoms with Gasteiger partial charge in [0.2, 0.25) is 5.91 Å². The smallest absolute Gasteiger partial charge is 0.410 e. The van der Waals surface area contributed by atoms with E-state index in [1.165, 1.54) is 0 Å². The Morgan fingerprint density at radius 3 is 2.38 bits per heavy atom. The summed E-state index contributed by atoms with van der Waals surface area (Å²) in [4.78, 5) is 24.3. The van der Waals surface area contributed by atoms with Gasteiger partial charge in [-0.15, -0.1) is 0 Å². The highest BCUT2D eigenvalue weighted by Crippen LogP contribution is 2.15. The molecule has 1 aliphatic rings. The molecule has 0 atom stereocenters. The number of ether oxygens (including phenoxy) is 1. The minimum atomic E-state index is -0.438. The predicted octanol–water partition coefficient (Wildman–Crippen LogP) is 1.63. The number of nitrogens with one attached hydrogen (secondary N) is 1. The number of nitrogens with two attached hydrogens (primary N) is 1. The van der Waals surface area contributed by atoms with Gasteiger partial charge in [0.1, 0.15) is 5.60 Å². The van der Waals surface area contributed by atoms with E-state index in [0.29, 0.717) is 12.5 Å². The molecule has 21 heavy (non-hydrogen) atoms. The molecule has 0 unspecified atom stereocenters. The van der Waals surface area contributed by atoms with Gasteiger partial charge in [0.05, 0.1) is 0 Å². The van der Waals surface area contributed by atoms with E-state index in [1.54, 1.807) is 4.90 Å². The van der Waals surface area contributed by atoms with Crippen molar-refractivity contribution in [1.29, 1.82) is 0 Å². The molecule has 0 spiro atoms. The summed E-state index contributed by atoms with van der Waals surface area (Å²) in [5.74, 6) is -0.235. The van der Waals surface area contributed by atoms with Crippen LogP contribution in [-0.4, -0.2) is 48.2 Å². The zero-order valence-electron chi connectivity index (χ0n) is 13.5. The molecule has 0 radical (unpaired) electrons. The molecule has 1 fully saturated rings. The number of amides is 2. The Morgan fingerprint density at radius 1 is 1.24 bits per heavy atom. The second-order valence-corrected chi connectivity index (χ2v) is 6.62. The molecule has 0 aromatic heterocycles. The van der Waals surface area contributed by atoms with Gasteiger partial charge in [-0.25, -0.2) is 4.79 Å². The van der Waals surface area contributed by atoms with Gasteiger partial charge in [-0.1, -0.05) is 0 Å². The largest absolute Gasteiger partial charge is 0.444 e. The molecule has 1 aliphatic heterocycles. The van der Waals surface area contributed by atoms with Crippen molar-refractivity contribution in [2.24, 2.45) is 5.73 Å². The number of primary amides is 1. The van der Waals surface area contributed by atoms with Gasteiger partial charge >= 0.3 is 6.09 Å². The van der Waals surface area contributed by atoms with Crippen LogP contribution in [0.25, 0.3) is 0 Å². The van der Waals surface area contributed by atoms with E-state index in [4.69, 9.17) is 10.5 Å². The lowest BCUT2D eigenvalue weighted by Gasteiger charge is -2.33. The number of hydrogen-bond donors (Lipinski definition) is 2. The van der Waals surface area contributed by atoms with Crippen molar-refractivity contribution in [3.63, 3.8) is 0 Å². The van der Waals surface area contributed by atoms with Crippen molar-refractivity contribution in [2.45, 2.75) is 64.5 Å². The zero-order valence-corrected chi connectivity index (χ0v) is 13.5. The number of nitrogens with zero attached hydrogens (tertiary/aromatic N) is 1. The summed E-state index contributed by atoms with van der Waals surface area (Å²) in [7, 11) is 0. The van der Waals surface area contributed by atoms with Gasteiger partial charge < -0.3 is 20.7 Å². The van der Waals surface area contributed by atoms with E-state index in [9.17, 15) is 9.59 Å². The molecule has 0 aromatic rings. The quantitative estimate of drug-likeness (QED) is 0.730. The molecule has 3 N–H and O–H groups in total. The maximum atomic E-state index is 11.9. The third-order valence-electron chi connectivity index (χ3n) is 3.43. The fraction of sp³-hybridized carbons (Fsp3) is 0.867. The maximum absolute atomic E-state index is 11.9. The Bertz CT molecular complexity index is 345. The number of likely N-dealkylation sites (tertiary alicyclic amines) is 1. The predicted molar refractivity (Wildman–Crippen MR) is 81.9 cm³/mol. The van der Waals surface area contributed by atoms with Crippen LogP contribution in [0.3, 0.4) is 0 Å². The number of piperidine rings is 1. The Kier molecular flexibility index (Phi) is 6.95. The van der Waals surface area contributed by atoms with Crippen molar-refractivity contribution < 1.29 is 14.3 Å². The Labute approximate surface area is 127 Å². The van der Waals surface area contributed by atoms with Crippen LogP contribution in [0.1, 0.15) is 52.9 Å². The monoisotopic (exact) mass is 299 g/mol. The number of carbonyl (C=O) groups is 2. The minimum Gasteiger partial charge on any atom is -0.444 e. The van der Waals surface area contributed by atoms with Crippen LogP contribution in [0.2, 0.25) is 0 Å². The fourth-order valence-corrected chi connectivity index (χ4v) is 2.32. The van der Waals surface area contributed by atoms with Crippen LogP contribution in [0.15, 0.2) is 0 Å². The fourth-order valence-electron chi connectivity index (χ4n) is 2.32. The van der Waals surface area contributed by atoms with Crippen LogP contribution in [0.4, 0.5) is 4.79 Å². The van der Waals surface area contributed by atoms with Gasteiger partial charge in [-0.3, -0.25) is 4.79 Å². The van der Waals surface area contributed by atoms with Gasteiger partial charge in [0.25, 0.3) is 0 Å². The molecule has 1 heterocycles. The normalized spacial score (nSPS) is 16.8. The molecule has 0 aliphatic carbocycles. The molecule has 2 amide bonds. The van der Waals surface area contributed by atoms with Crippen LogP contribution in [0.5, 0.6) is 0 Å². The number of unbranched alkanes of at least 4 members (excludes halogenated alkanes) is 1. The topological polar surface area (TPSA) is 84.7 Å². The summed E-state index contributed by atoms with van der Waals surface area (Å²) < 4.78 is 5.37. The highest BCUT2D eigenvalue weighted by molar-refractivity contribution is 5.73. The van der Waals surface area contributed by atoms with E-state index < -0.39 is 5.60 Å². The van der Waals surface area contributed by atoms with E-state index in [-0.39, 0.29) is 12.0 Å². The summed E-state index contributed by atoms with van der Waals surface area (Å²) >= 11 is 0. The Morgan fingerprint density at radius 2 is 1.86 bits per heavy atom. The first kappa shape index (κ1) is 17.8. The molecule has 6 nitrogen and oxygen atoms in total. The van der Waals surface area contributed by atoms with Gasteiger partial charge in [0.15, 0.2) is 0 Å². The van der Waals surface area contributed by atoms with E-state index in [1.807, 2.05) is 20.8 Å². The molecule has 1 rings (SSSR count).